The Kier molecular flexibility index (Phi) is 3.16. The van der Waals surface area contributed by atoms with E-state index in [2.05, 4.69) is 32.9 Å². The highest BCUT2D eigenvalue weighted by Gasteiger charge is 2.07. The van der Waals surface area contributed by atoms with Crippen LogP contribution in [0.4, 0.5) is 5.82 Å². The van der Waals surface area contributed by atoms with Gasteiger partial charge >= 0.3 is 0 Å². The summed E-state index contributed by atoms with van der Waals surface area (Å²) in [6, 6.07) is 11.7. The van der Waals surface area contributed by atoms with Crippen LogP contribution < -0.4 is 10.1 Å². The third-order valence-electron chi connectivity index (χ3n) is 3.05. The quantitative estimate of drug-likeness (QED) is 0.777. The summed E-state index contributed by atoms with van der Waals surface area (Å²) in [5.74, 6) is 1.56. The summed E-state index contributed by atoms with van der Waals surface area (Å²) in [7, 11) is 1.65. The molecule has 20 heavy (non-hydrogen) atoms. The van der Waals surface area contributed by atoms with E-state index >= 15 is 0 Å². The van der Waals surface area contributed by atoms with Gasteiger partial charge in [0.05, 0.1) is 13.2 Å². The average molecular weight is 270 g/mol. The lowest BCUT2D eigenvalue weighted by Gasteiger charge is -2.15. The number of anilines is 1. The maximum atomic E-state index is 5.15. The topological polar surface area (TPSA) is 77.2 Å². The van der Waals surface area contributed by atoms with Crippen LogP contribution in [0, 0.1) is 0 Å². The maximum absolute atomic E-state index is 5.15. The van der Waals surface area contributed by atoms with Gasteiger partial charge in [0.1, 0.15) is 11.6 Å². The summed E-state index contributed by atoms with van der Waals surface area (Å²) in [4.78, 5) is 0. The highest BCUT2D eigenvalue weighted by Crippen LogP contribution is 2.20. The molecule has 3 aromatic rings. The van der Waals surface area contributed by atoms with Crippen LogP contribution in [0.2, 0.25) is 0 Å². The number of fused-ring (bicyclic) bond motifs is 1. The van der Waals surface area contributed by atoms with E-state index in [1.54, 1.807) is 7.11 Å². The molecule has 1 N–H and O–H groups in total. The minimum Gasteiger partial charge on any atom is -0.497 e. The van der Waals surface area contributed by atoms with Crippen molar-refractivity contribution in [2.75, 3.05) is 12.4 Å². The number of methoxy groups -OCH3 is 1. The molecule has 1 atom stereocenters. The zero-order chi connectivity index (χ0) is 13.9. The van der Waals surface area contributed by atoms with Crippen molar-refractivity contribution in [1.29, 1.82) is 0 Å². The van der Waals surface area contributed by atoms with Gasteiger partial charge in [-0.25, -0.2) is 0 Å². The lowest BCUT2D eigenvalue weighted by atomic mass is 10.1. The molecule has 102 valence electrons. The van der Waals surface area contributed by atoms with Crippen molar-refractivity contribution in [1.82, 2.24) is 25.3 Å². The van der Waals surface area contributed by atoms with Crippen molar-refractivity contribution in [2.24, 2.45) is 0 Å². The Bertz CT molecular complexity index is 708. The monoisotopic (exact) mass is 270 g/mol. The molecule has 0 bridgehead atoms. The zero-order valence-corrected chi connectivity index (χ0v) is 11.2. The van der Waals surface area contributed by atoms with Gasteiger partial charge in [-0.2, -0.15) is 0 Å². The van der Waals surface area contributed by atoms with Crippen molar-refractivity contribution >= 4 is 11.5 Å². The first kappa shape index (κ1) is 12.3. The molecule has 0 aliphatic heterocycles. The second-order valence-corrected chi connectivity index (χ2v) is 4.38. The summed E-state index contributed by atoms with van der Waals surface area (Å²) in [6.07, 6.45) is 0. The summed E-state index contributed by atoms with van der Waals surface area (Å²) < 4.78 is 6.54. The van der Waals surface area contributed by atoms with Crippen LogP contribution in [0.5, 0.6) is 5.75 Å². The normalized spacial score (nSPS) is 12.3. The number of nitrogens with one attached hydrogen (secondary N) is 1. The first-order valence-electron chi connectivity index (χ1n) is 6.22. The average Bonchev–Trinajstić information content (AvgIpc) is 2.95. The number of nitrogens with zero attached hydrogens (tertiary/aromatic N) is 5. The Balaban J connectivity index is 1.78. The van der Waals surface area contributed by atoms with E-state index < -0.39 is 0 Å². The molecule has 1 aromatic carbocycles. The molecule has 0 aliphatic carbocycles. The van der Waals surface area contributed by atoms with Gasteiger partial charge < -0.3 is 10.1 Å². The van der Waals surface area contributed by atoms with Gasteiger partial charge in [0.25, 0.3) is 0 Å². The Morgan fingerprint density at radius 3 is 2.70 bits per heavy atom. The third kappa shape index (κ3) is 2.37. The number of rotatable bonds is 4. The third-order valence-corrected chi connectivity index (χ3v) is 3.05. The molecule has 0 saturated heterocycles. The van der Waals surface area contributed by atoms with Crippen molar-refractivity contribution in [3.63, 3.8) is 0 Å². The molecule has 0 radical (unpaired) electrons. The van der Waals surface area contributed by atoms with Crippen LogP contribution in [0.1, 0.15) is 18.5 Å². The van der Waals surface area contributed by atoms with E-state index in [9.17, 15) is 0 Å². The predicted octanol–water partition coefficient (Wildman–Crippen LogP) is 1.70. The van der Waals surface area contributed by atoms with Gasteiger partial charge in [-0.3, -0.25) is 0 Å². The fraction of sp³-hybridized carbons (Fsp3) is 0.231. The standard InChI is InChI=1S/C13H14N6O/c1-9(10-3-5-11(20-2)6-4-10)14-12-7-8-13-15-17-18-19(13)16-12/h3-9H,1-2H3,(H,14,16). The van der Waals surface area contributed by atoms with E-state index in [4.69, 9.17) is 4.74 Å². The Hall–Kier alpha value is -2.70. The molecule has 3 rings (SSSR count). The minimum absolute atomic E-state index is 0.113. The van der Waals surface area contributed by atoms with E-state index in [-0.39, 0.29) is 6.04 Å². The van der Waals surface area contributed by atoms with Crippen molar-refractivity contribution in [3.05, 3.63) is 42.0 Å². The zero-order valence-electron chi connectivity index (χ0n) is 11.2. The molecule has 2 aromatic heterocycles. The number of ether oxygens (including phenoxy) is 1. The Morgan fingerprint density at radius 1 is 1.15 bits per heavy atom. The molecule has 0 amide bonds. The first-order valence-corrected chi connectivity index (χ1v) is 6.22. The highest BCUT2D eigenvalue weighted by molar-refractivity contribution is 5.44. The number of aromatic nitrogens is 5. The molecule has 1 unspecified atom stereocenters. The number of tetrazole rings is 1. The number of benzene rings is 1. The van der Waals surface area contributed by atoms with Crippen LogP contribution in [0.15, 0.2) is 36.4 Å². The molecular formula is C13H14N6O. The number of hydrogen-bond acceptors (Lipinski definition) is 6. The van der Waals surface area contributed by atoms with Crippen molar-refractivity contribution in [3.8, 4) is 5.75 Å². The fourth-order valence-corrected chi connectivity index (χ4v) is 1.92. The van der Waals surface area contributed by atoms with Gasteiger partial charge in [0, 0.05) is 0 Å². The van der Waals surface area contributed by atoms with Gasteiger partial charge in [-0.15, -0.1) is 14.8 Å². The SMILES string of the molecule is COc1ccc(C(C)Nc2ccc3nnnn3n2)cc1. The van der Waals surface area contributed by atoms with Crippen LogP contribution in [-0.2, 0) is 0 Å². The van der Waals surface area contributed by atoms with Gasteiger partial charge in [-0.05, 0) is 47.2 Å². The highest BCUT2D eigenvalue weighted by atomic mass is 16.5. The van der Waals surface area contributed by atoms with Crippen LogP contribution in [0.3, 0.4) is 0 Å². The molecule has 0 saturated carbocycles. The van der Waals surface area contributed by atoms with Gasteiger partial charge in [0.15, 0.2) is 5.65 Å². The molecule has 0 fully saturated rings. The molecule has 7 nitrogen and oxygen atoms in total. The van der Waals surface area contributed by atoms with Crippen LogP contribution >= 0.6 is 0 Å². The summed E-state index contributed by atoms with van der Waals surface area (Å²) in [5.41, 5.74) is 1.76. The molecule has 2 heterocycles. The summed E-state index contributed by atoms with van der Waals surface area (Å²) >= 11 is 0. The second kappa shape index (κ2) is 5.12. The van der Waals surface area contributed by atoms with Gasteiger partial charge in [0.2, 0.25) is 0 Å². The Morgan fingerprint density at radius 2 is 1.95 bits per heavy atom. The predicted molar refractivity (Wildman–Crippen MR) is 73.6 cm³/mol. The lowest BCUT2D eigenvalue weighted by molar-refractivity contribution is 0.414. The van der Waals surface area contributed by atoms with E-state index in [0.717, 1.165) is 11.3 Å². The van der Waals surface area contributed by atoms with Crippen molar-refractivity contribution in [2.45, 2.75) is 13.0 Å². The molecule has 0 spiro atoms. The number of hydrogen-bond donors (Lipinski definition) is 1. The van der Waals surface area contributed by atoms with Crippen molar-refractivity contribution < 1.29 is 4.74 Å². The largest absolute Gasteiger partial charge is 0.497 e. The molecule has 7 heteroatoms. The Labute approximate surface area is 115 Å². The summed E-state index contributed by atoms with van der Waals surface area (Å²) in [5, 5.41) is 18.7. The minimum atomic E-state index is 0.113. The summed E-state index contributed by atoms with van der Waals surface area (Å²) in [6.45, 7) is 2.06. The second-order valence-electron chi connectivity index (χ2n) is 4.38. The maximum Gasteiger partial charge on any atom is 0.200 e. The van der Waals surface area contributed by atoms with Crippen LogP contribution in [-0.4, -0.2) is 32.4 Å². The fourth-order valence-electron chi connectivity index (χ4n) is 1.92. The molecular weight excluding hydrogens is 256 g/mol. The first-order chi connectivity index (χ1) is 9.76. The van der Waals surface area contributed by atoms with Gasteiger partial charge in [-0.1, -0.05) is 12.1 Å². The van der Waals surface area contributed by atoms with E-state index in [1.165, 1.54) is 4.63 Å². The van der Waals surface area contributed by atoms with E-state index in [0.29, 0.717) is 11.5 Å². The smallest absolute Gasteiger partial charge is 0.200 e. The van der Waals surface area contributed by atoms with Crippen LogP contribution in [0.25, 0.3) is 5.65 Å². The lowest BCUT2D eigenvalue weighted by Crippen LogP contribution is -2.09. The molecule has 0 aliphatic rings. The van der Waals surface area contributed by atoms with E-state index in [1.807, 2.05) is 36.4 Å².